The lowest BCUT2D eigenvalue weighted by molar-refractivity contribution is -0.122. The van der Waals surface area contributed by atoms with Crippen molar-refractivity contribution in [1.82, 2.24) is 5.32 Å². The van der Waals surface area contributed by atoms with Crippen LogP contribution in [0.25, 0.3) is 0 Å². The molecule has 0 bridgehead atoms. The maximum atomic E-state index is 12.3. The first kappa shape index (κ1) is 22.7. The number of hydrogen-bond donors (Lipinski definition) is 3. The smallest absolute Gasteiger partial charge is 0.233 e. The molecular weight excluding hydrogens is 392 g/mol. The molecule has 2 aromatic carbocycles. The van der Waals surface area contributed by atoms with Crippen molar-refractivity contribution < 1.29 is 23.1 Å². The third-order valence-electron chi connectivity index (χ3n) is 4.28. The fourth-order valence-corrected chi connectivity index (χ4v) is 3.71. The van der Waals surface area contributed by atoms with E-state index >= 15 is 0 Å². The van der Waals surface area contributed by atoms with Gasteiger partial charge in [-0.05, 0) is 55.7 Å². The van der Waals surface area contributed by atoms with E-state index in [1.54, 1.807) is 57.4 Å². The summed E-state index contributed by atoms with van der Waals surface area (Å²) in [6.07, 6.45) is 0.534. The first-order valence-corrected chi connectivity index (χ1v) is 10.9. The van der Waals surface area contributed by atoms with Crippen LogP contribution in [0, 0.1) is 0 Å². The third kappa shape index (κ3) is 7.75. The van der Waals surface area contributed by atoms with Crippen LogP contribution >= 0.6 is 0 Å². The number of methoxy groups -OCH3 is 1. The second kappa shape index (κ2) is 9.76. The zero-order valence-corrected chi connectivity index (χ0v) is 17.8. The molecule has 29 heavy (non-hydrogen) atoms. The summed E-state index contributed by atoms with van der Waals surface area (Å²) in [5.74, 6) is 0.472. The summed E-state index contributed by atoms with van der Waals surface area (Å²) in [6, 6.07) is 13.9. The molecule has 0 heterocycles. The van der Waals surface area contributed by atoms with Crippen LogP contribution < -0.4 is 14.8 Å². The van der Waals surface area contributed by atoms with Gasteiger partial charge in [-0.1, -0.05) is 24.3 Å². The van der Waals surface area contributed by atoms with Crippen molar-refractivity contribution in [3.63, 3.8) is 0 Å². The molecule has 0 spiro atoms. The maximum absolute atomic E-state index is 12.3. The molecule has 7 nitrogen and oxygen atoms in total. The minimum absolute atomic E-state index is 0.0419. The molecule has 8 heteroatoms. The first-order valence-electron chi connectivity index (χ1n) is 9.27. The Morgan fingerprint density at radius 1 is 1.03 bits per heavy atom. The number of aliphatic hydroxyl groups is 1. The Hall–Kier alpha value is -2.58. The fraction of sp³-hybridized carbons (Fsp3) is 0.381. The van der Waals surface area contributed by atoms with Crippen LogP contribution in [0.1, 0.15) is 25.0 Å². The van der Waals surface area contributed by atoms with Crippen LogP contribution in [0.2, 0.25) is 0 Å². The molecule has 0 unspecified atom stereocenters. The van der Waals surface area contributed by atoms with Crippen molar-refractivity contribution in [3.8, 4) is 5.75 Å². The second-order valence-corrected chi connectivity index (χ2v) is 9.32. The molecule has 0 aliphatic heterocycles. The minimum atomic E-state index is -3.50. The lowest BCUT2D eigenvalue weighted by atomic mass is 10.1. The topological polar surface area (TPSA) is 105 Å². The molecule has 0 saturated heterocycles. The second-order valence-electron chi connectivity index (χ2n) is 7.48. The van der Waals surface area contributed by atoms with Gasteiger partial charge < -0.3 is 15.2 Å². The number of aliphatic hydroxyl groups excluding tert-OH is 1. The van der Waals surface area contributed by atoms with Gasteiger partial charge in [-0.25, -0.2) is 8.42 Å². The SMILES string of the molecule is COc1ccc(CCS(=O)(=O)Nc2ccc(CC(=O)NC(C)(C)CO)cc2)cc1. The summed E-state index contributed by atoms with van der Waals surface area (Å²) in [5, 5.41) is 11.9. The highest BCUT2D eigenvalue weighted by molar-refractivity contribution is 7.92. The van der Waals surface area contributed by atoms with Crippen molar-refractivity contribution in [1.29, 1.82) is 0 Å². The molecule has 158 valence electrons. The average Bonchev–Trinajstić information content (AvgIpc) is 2.68. The lowest BCUT2D eigenvalue weighted by Gasteiger charge is -2.23. The highest BCUT2D eigenvalue weighted by Gasteiger charge is 2.19. The van der Waals surface area contributed by atoms with E-state index in [1.165, 1.54) is 0 Å². The van der Waals surface area contributed by atoms with Crippen LogP contribution in [0.3, 0.4) is 0 Å². The van der Waals surface area contributed by atoms with Gasteiger partial charge >= 0.3 is 0 Å². The van der Waals surface area contributed by atoms with E-state index in [0.717, 1.165) is 16.9 Å². The zero-order valence-electron chi connectivity index (χ0n) is 16.9. The summed E-state index contributed by atoms with van der Waals surface area (Å²) in [4.78, 5) is 12.0. The Bertz CT molecular complexity index is 907. The van der Waals surface area contributed by atoms with Crippen molar-refractivity contribution in [3.05, 3.63) is 59.7 Å². The summed E-state index contributed by atoms with van der Waals surface area (Å²) in [7, 11) is -1.92. The van der Waals surface area contributed by atoms with Gasteiger partial charge in [0.2, 0.25) is 15.9 Å². The number of ether oxygens (including phenoxy) is 1. The Balaban J connectivity index is 1.89. The minimum Gasteiger partial charge on any atom is -0.497 e. The van der Waals surface area contributed by atoms with Crippen molar-refractivity contribution in [2.75, 3.05) is 24.2 Å². The van der Waals surface area contributed by atoms with Gasteiger partial charge in [-0.2, -0.15) is 0 Å². The van der Waals surface area contributed by atoms with E-state index in [4.69, 9.17) is 4.74 Å². The molecule has 0 aromatic heterocycles. The van der Waals surface area contributed by atoms with Gasteiger partial charge in [-0.3, -0.25) is 9.52 Å². The molecule has 0 aliphatic rings. The molecular formula is C21H28N2O5S. The van der Waals surface area contributed by atoms with Gasteiger partial charge in [0.1, 0.15) is 5.75 Å². The van der Waals surface area contributed by atoms with Crippen molar-refractivity contribution in [2.45, 2.75) is 32.2 Å². The largest absolute Gasteiger partial charge is 0.497 e. The van der Waals surface area contributed by atoms with E-state index in [0.29, 0.717) is 12.1 Å². The van der Waals surface area contributed by atoms with E-state index in [1.807, 2.05) is 12.1 Å². The maximum Gasteiger partial charge on any atom is 0.233 e. The van der Waals surface area contributed by atoms with Crippen molar-refractivity contribution >= 4 is 21.6 Å². The summed E-state index contributed by atoms with van der Waals surface area (Å²) in [6.45, 7) is 3.30. The number of anilines is 1. The standard InChI is InChI=1S/C21H28N2O5S/c1-21(2,15-24)22-20(25)14-17-4-8-18(9-5-17)23-29(26,27)13-12-16-6-10-19(28-3)11-7-16/h4-11,23-24H,12-15H2,1-3H3,(H,22,25). The number of amides is 1. The predicted octanol–water partition coefficient (Wildman–Crippen LogP) is 2.11. The van der Waals surface area contributed by atoms with E-state index < -0.39 is 15.6 Å². The number of aryl methyl sites for hydroxylation is 1. The predicted molar refractivity (Wildman–Crippen MR) is 114 cm³/mol. The molecule has 2 rings (SSSR count). The molecule has 0 saturated carbocycles. The first-order chi connectivity index (χ1) is 13.6. The van der Waals surface area contributed by atoms with E-state index in [2.05, 4.69) is 10.0 Å². The molecule has 0 aliphatic carbocycles. The zero-order chi connectivity index (χ0) is 21.5. The quantitative estimate of drug-likeness (QED) is 0.546. The van der Waals surface area contributed by atoms with Gasteiger partial charge in [0.25, 0.3) is 0 Å². The van der Waals surface area contributed by atoms with Gasteiger partial charge in [0.15, 0.2) is 0 Å². The third-order valence-corrected chi connectivity index (χ3v) is 5.57. The molecule has 0 fully saturated rings. The Morgan fingerprint density at radius 3 is 2.17 bits per heavy atom. The van der Waals surface area contributed by atoms with Crippen LogP contribution in [0.15, 0.2) is 48.5 Å². The average molecular weight is 421 g/mol. The lowest BCUT2D eigenvalue weighted by Crippen LogP contribution is -2.46. The summed E-state index contributed by atoms with van der Waals surface area (Å²) < 4.78 is 32.3. The highest BCUT2D eigenvalue weighted by atomic mass is 32.2. The fourth-order valence-electron chi connectivity index (χ4n) is 2.61. The monoisotopic (exact) mass is 420 g/mol. The van der Waals surface area contributed by atoms with Crippen molar-refractivity contribution in [2.24, 2.45) is 0 Å². The number of sulfonamides is 1. The molecule has 0 radical (unpaired) electrons. The van der Waals surface area contributed by atoms with Crippen LogP contribution in [-0.4, -0.2) is 44.4 Å². The van der Waals surface area contributed by atoms with Crippen LogP contribution in [0.4, 0.5) is 5.69 Å². The molecule has 3 N–H and O–H groups in total. The van der Waals surface area contributed by atoms with Crippen LogP contribution in [-0.2, 0) is 27.7 Å². The van der Waals surface area contributed by atoms with E-state index in [9.17, 15) is 18.3 Å². The summed E-state index contributed by atoms with van der Waals surface area (Å²) in [5.41, 5.74) is 1.41. The number of benzene rings is 2. The summed E-state index contributed by atoms with van der Waals surface area (Å²) >= 11 is 0. The van der Waals surface area contributed by atoms with Gasteiger partial charge in [0.05, 0.1) is 31.4 Å². The number of carbonyl (C=O) groups excluding carboxylic acids is 1. The number of carbonyl (C=O) groups is 1. The molecule has 1 amide bonds. The van der Waals surface area contributed by atoms with Gasteiger partial charge in [0, 0.05) is 5.69 Å². The van der Waals surface area contributed by atoms with Gasteiger partial charge in [-0.15, -0.1) is 0 Å². The molecule has 0 atom stereocenters. The molecule has 2 aromatic rings. The number of rotatable bonds is 10. The Kier molecular flexibility index (Phi) is 7.64. The Morgan fingerprint density at radius 2 is 1.62 bits per heavy atom. The highest BCUT2D eigenvalue weighted by Crippen LogP contribution is 2.15. The number of nitrogens with one attached hydrogen (secondary N) is 2. The number of hydrogen-bond acceptors (Lipinski definition) is 5. The van der Waals surface area contributed by atoms with Crippen LogP contribution in [0.5, 0.6) is 5.75 Å². The van der Waals surface area contributed by atoms with E-state index in [-0.39, 0.29) is 24.7 Å². The normalized spacial score (nSPS) is 11.7. The Labute approximate surface area is 172 Å².